The predicted molar refractivity (Wildman–Crippen MR) is 233 cm³/mol. The summed E-state index contributed by atoms with van der Waals surface area (Å²) in [6.07, 6.45) is -23.2. The molecule has 71 heavy (non-hydrogen) atoms. The van der Waals surface area contributed by atoms with Gasteiger partial charge in [0.05, 0.1) is 51.3 Å². The first-order valence-electron chi connectivity index (χ1n) is 22.2. The Morgan fingerprint density at radius 3 is 1.99 bits per heavy atom. The van der Waals surface area contributed by atoms with Crippen molar-refractivity contribution in [3.05, 3.63) is 77.1 Å². The third-order valence-corrected chi connectivity index (χ3v) is 12.1. The molecule has 0 spiro atoms. The minimum absolute atomic E-state index is 0.0901. The van der Waals surface area contributed by atoms with Crippen LogP contribution in [0.15, 0.2) is 66.0 Å². The van der Waals surface area contributed by atoms with Gasteiger partial charge < -0.3 is 109 Å². The zero-order valence-corrected chi connectivity index (χ0v) is 38.3. The Kier molecular flexibility index (Phi) is 18.8. The monoisotopic (exact) mass is 1010 g/mol. The number of allylic oxidation sites excluding steroid dienone is 1. The van der Waals surface area contributed by atoms with E-state index in [9.17, 15) is 75.7 Å². The highest BCUT2D eigenvalue weighted by molar-refractivity contribution is 5.91. The Morgan fingerprint density at radius 2 is 1.34 bits per heavy atom. The fourth-order valence-electron chi connectivity index (χ4n) is 8.20. The van der Waals surface area contributed by atoms with E-state index in [1.807, 2.05) is 0 Å². The van der Waals surface area contributed by atoms with Crippen LogP contribution in [0.25, 0.3) is 6.08 Å². The number of aliphatic hydroxyl groups is 8. The predicted octanol–water partition coefficient (Wildman–Crippen LogP) is -2.28. The number of benzene rings is 2. The number of phenols is 4. The maximum atomic E-state index is 13.8. The molecule has 4 aliphatic heterocycles. The summed E-state index contributed by atoms with van der Waals surface area (Å²) < 4.78 is 56.4. The third kappa shape index (κ3) is 12.8. The van der Waals surface area contributed by atoms with Gasteiger partial charge in [0.25, 0.3) is 0 Å². The van der Waals surface area contributed by atoms with E-state index in [2.05, 4.69) is 0 Å². The van der Waals surface area contributed by atoms with Crippen LogP contribution in [0.5, 0.6) is 23.0 Å². The summed E-state index contributed by atoms with van der Waals surface area (Å²) in [5.41, 5.74) is 0.663. The fourth-order valence-corrected chi connectivity index (χ4v) is 8.20. The van der Waals surface area contributed by atoms with Gasteiger partial charge in [0.15, 0.2) is 54.1 Å². The van der Waals surface area contributed by atoms with Gasteiger partial charge in [-0.1, -0.05) is 18.2 Å². The van der Waals surface area contributed by atoms with Crippen LogP contribution in [-0.2, 0) is 68.2 Å². The lowest BCUT2D eigenvalue weighted by Crippen LogP contribution is -2.65. The van der Waals surface area contributed by atoms with Crippen molar-refractivity contribution in [1.82, 2.24) is 0 Å². The van der Waals surface area contributed by atoms with Crippen molar-refractivity contribution in [3.8, 4) is 23.0 Å². The van der Waals surface area contributed by atoms with Gasteiger partial charge in [-0.2, -0.15) is 0 Å². The van der Waals surface area contributed by atoms with Gasteiger partial charge in [-0.05, 0) is 61.7 Å². The zero-order valence-electron chi connectivity index (χ0n) is 38.3. The second-order valence-electron chi connectivity index (χ2n) is 16.8. The Bertz CT molecular complexity index is 2250. The highest BCUT2D eigenvalue weighted by Gasteiger charge is 2.54. The number of aromatic hydroxyl groups is 4. The molecule has 0 saturated carbocycles. The molecule has 0 unspecified atom stereocenters. The van der Waals surface area contributed by atoms with Gasteiger partial charge in [0.1, 0.15) is 54.9 Å². The molecule has 0 radical (unpaired) electrons. The first-order chi connectivity index (χ1) is 33.8. The lowest BCUT2D eigenvalue weighted by Gasteiger charge is -2.47. The zero-order chi connectivity index (χ0) is 51.8. The van der Waals surface area contributed by atoms with Crippen LogP contribution in [-0.4, -0.2) is 205 Å². The van der Waals surface area contributed by atoms with E-state index in [0.717, 1.165) is 25.5 Å². The largest absolute Gasteiger partial charge is 0.504 e. The van der Waals surface area contributed by atoms with E-state index < -0.39 is 159 Å². The molecule has 3 saturated heterocycles. The second-order valence-corrected chi connectivity index (χ2v) is 16.8. The number of rotatable bonds is 17. The average molecular weight is 1010 g/mol. The normalized spacial score (nSPS) is 34.8. The maximum absolute atomic E-state index is 13.8. The number of methoxy groups -OCH3 is 1. The van der Waals surface area contributed by atoms with E-state index in [-0.39, 0.29) is 35.5 Å². The lowest BCUT2D eigenvalue weighted by molar-refractivity contribution is -0.357. The van der Waals surface area contributed by atoms with E-state index >= 15 is 0 Å². The first-order valence-corrected chi connectivity index (χ1v) is 22.2. The van der Waals surface area contributed by atoms with Crippen LogP contribution in [0.2, 0.25) is 0 Å². The summed E-state index contributed by atoms with van der Waals surface area (Å²) in [5.74, 6) is -5.95. The summed E-state index contributed by atoms with van der Waals surface area (Å²) in [5, 5.41) is 125. The van der Waals surface area contributed by atoms with Crippen molar-refractivity contribution < 1.29 is 123 Å². The van der Waals surface area contributed by atoms with Crippen LogP contribution in [0.3, 0.4) is 0 Å². The van der Waals surface area contributed by atoms with Crippen LogP contribution in [0.1, 0.15) is 31.4 Å². The van der Waals surface area contributed by atoms with Crippen molar-refractivity contribution in [3.63, 3.8) is 0 Å². The average Bonchev–Trinajstić information content (AvgIpc) is 3.35. The molecule has 392 valence electrons. The number of aliphatic hydroxyl groups excluding tert-OH is 8. The standard InChI is InChI=1S/C46H58O25/c1-4-22-23(24(42(61)62-3)18-64-43(22)71-46-36(58)34(56)33(55)29(16-47)66-46)15-32(54)69-39-19(2)65-45(37(59)35(39)57)70-41-38(60)44(63-12-11-21-6-9-26(50)28(52)14-21)67-30(17-48)40(41)68-31(53)10-7-20-5-8-25(49)27(51)13-20/h4-10,13-14,18-19,23,29-30,33-41,43-52,55-60H,11-12,15-17H2,1-3H3/b10-7+,22-4-/t19-,23-,29+,30+,33+,34-,35-,36+,37+,38+,39-,40+,41+,43-,44+,45-,46-/m0/s1. The Morgan fingerprint density at radius 1 is 0.690 bits per heavy atom. The van der Waals surface area contributed by atoms with Crippen LogP contribution < -0.4 is 0 Å². The quantitative estimate of drug-likeness (QED) is 0.0261. The summed E-state index contributed by atoms with van der Waals surface area (Å²) in [4.78, 5) is 39.9. The van der Waals surface area contributed by atoms with E-state index in [0.29, 0.717) is 5.56 Å². The van der Waals surface area contributed by atoms with Crippen molar-refractivity contribution in [2.75, 3.05) is 26.9 Å². The molecule has 25 heteroatoms. The highest BCUT2D eigenvalue weighted by Crippen LogP contribution is 2.38. The molecule has 2 aromatic carbocycles. The highest BCUT2D eigenvalue weighted by atomic mass is 16.8. The van der Waals surface area contributed by atoms with Crippen molar-refractivity contribution in [2.24, 2.45) is 5.92 Å². The van der Waals surface area contributed by atoms with Gasteiger partial charge in [0, 0.05) is 17.6 Å². The number of carbonyl (C=O) groups is 3. The molecular weight excluding hydrogens is 952 g/mol. The number of ether oxygens (including phenoxy) is 10. The topological polar surface area (TPSA) is 386 Å². The molecule has 3 fully saturated rings. The molecule has 4 heterocycles. The summed E-state index contributed by atoms with van der Waals surface area (Å²) in [6.45, 7) is 1.05. The number of esters is 3. The van der Waals surface area contributed by atoms with Gasteiger partial charge in [0.2, 0.25) is 6.29 Å². The molecule has 0 bridgehead atoms. The van der Waals surface area contributed by atoms with Crippen molar-refractivity contribution >= 4 is 24.0 Å². The molecule has 4 aliphatic rings. The number of phenolic OH excluding ortho intramolecular Hbond substituents is 4. The molecule has 17 atom stereocenters. The van der Waals surface area contributed by atoms with Crippen LogP contribution in [0.4, 0.5) is 0 Å². The van der Waals surface area contributed by atoms with E-state index in [1.54, 1.807) is 0 Å². The molecule has 0 amide bonds. The fraction of sp³-hybridized carbons (Fsp3) is 0.543. The molecule has 25 nitrogen and oxygen atoms in total. The van der Waals surface area contributed by atoms with Crippen LogP contribution >= 0.6 is 0 Å². The Labute approximate surface area is 404 Å². The third-order valence-electron chi connectivity index (χ3n) is 12.1. The molecule has 12 N–H and O–H groups in total. The SMILES string of the molecule is C/C=C1\[C@H](O[C@@H]2O[C@H](CO)[C@@H](O)[C@H](O)[C@H]2O)OC=C(C(=O)OC)[C@H]1CC(=O)O[C@@H]1[C@@H](O)[C@@H](O)[C@H](O[C@@H]2[C@@H](O)[C@H](OCCc3ccc(O)c(O)c3)O[C@H](CO)[C@H]2OC(=O)/C=C/c2ccc(O)c(O)c2)O[C@H]1C. The van der Waals surface area contributed by atoms with Crippen molar-refractivity contribution in [2.45, 2.75) is 125 Å². The summed E-state index contributed by atoms with van der Waals surface area (Å²) in [6, 6.07) is 7.73. The first kappa shape index (κ1) is 54.8. The number of hydrogen-bond donors (Lipinski definition) is 12. The Balaban J connectivity index is 1.17. The van der Waals surface area contributed by atoms with Gasteiger partial charge in [-0.25, -0.2) is 9.59 Å². The van der Waals surface area contributed by atoms with Crippen molar-refractivity contribution in [1.29, 1.82) is 0 Å². The smallest absolute Gasteiger partial charge is 0.337 e. The minimum Gasteiger partial charge on any atom is -0.504 e. The number of carbonyl (C=O) groups excluding carboxylic acids is 3. The summed E-state index contributed by atoms with van der Waals surface area (Å²) in [7, 11) is 1.07. The Hall–Kier alpha value is -5.49. The van der Waals surface area contributed by atoms with E-state index in [1.165, 1.54) is 56.3 Å². The van der Waals surface area contributed by atoms with E-state index in [4.69, 9.17) is 47.4 Å². The number of hydrogen-bond acceptors (Lipinski definition) is 25. The van der Waals surface area contributed by atoms with Gasteiger partial charge in [-0.3, -0.25) is 4.79 Å². The van der Waals surface area contributed by atoms with Gasteiger partial charge >= 0.3 is 17.9 Å². The molecular formula is C46H58O25. The molecule has 0 aromatic heterocycles. The molecule has 0 aliphatic carbocycles. The maximum Gasteiger partial charge on any atom is 0.337 e. The molecule has 6 rings (SSSR count). The van der Waals surface area contributed by atoms with Gasteiger partial charge in [-0.15, -0.1) is 0 Å². The van der Waals surface area contributed by atoms with Crippen LogP contribution in [0, 0.1) is 5.92 Å². The molecule has 2 aromatic rings. The second kappa shape index (κ2) is 24.3. The lowest BCUT2D eigenvalue weighted by atomic mass is 9.86. The minimum atomic E-state index is -2.07. The summed E-state index contributed by atoms with van der Waals surface area (Å²) >= 11 is 0.